The average molecular weight is 1010 g/mol. The zero-order valence-electron chi connectivity index (χ0n) is 43.3. The molecule has 10 heterocycles. The fraction of sp³-hybridized carbons (Fsp3) is 0.942. The SMILES string of the molecule is CO[C@@]1(C)CC[C@H]2[C@H](C)CC[C@H]3[C@@H](C)[C@H](OC(=O)CN(CC(=O)OC4O[C@@H]5O[C@@]6(C)CC[C@H]7[C@H](C)CC[C@@H]([C@H]4C)[C@@]57OO6)CC(=O)O[C@@H]4O[C@@H]5O[C@]6(C)CC[C@H]7[C@H](C)CC[C@@H]([C@H]4C)[C@@]57OO6)O[C@H](O1)[C@]32O. The number of hydrogen-bond acceptors (Lipinski definition) is 19. The maximum Gasteiger partial charge on any atom is 0.322 e. The fourth-order valence-corrected chi connectivity index (χ4v) is 16.0. The molecular formula is C52H79NO18. The summed E-state index contributed by atoms with van der Waals surface area (Å²) in [5.74, 6) is -5.86. The summed E-state index contributed by atoms with van der Waals surface area (Å²) < 4.78 is 63.3. The van der Waals surface area contributed by atoms with E-state index in [4.69, 9.17) is 66.9 Å². The summed E-state index contributed by atoms with van der Waals surface area (Å²) in [6.07, 6.45) is 3.28. The number of nitrogens with zero attached hydrogens (tertiary/aromatic N) is 1. The number of hydrogen-bond donors (Lipinski definition) is 1. The number of esters is 3. The normalized spacial score (nSPS) is 53.7. The predicted octanol–water partition coefficient (Wildman–Crippen LogP) is 6.22. The van der Waals surface area contributed by atoms with Crippen LogP contribution >= 0.6 is 0 Å². The lowest BCUT2D eigenvalue weighted by Crippen LogP contribution is -2.70. The third-order valence-electron chi connectivity index (χ3n) is 20.2. The van der Waals surface area contributed by atoms with Crippen molar-refractivity contribution in [3.63, 3.8) is 0 Å². The highest BCUT2D eigenvalue weighted by molar-refractivity contribution is 5.78. The van der Waals surface area contributed by atoms with Crippen molar-refractivity contribution in [3.8, 4) is 0 Å². The quantitative estimate of drug-likeness (QED) is 0.147. The maximum absolute atomic E-state index is 14.3. The Kier molecular flexibility index (Phi) is 13.1. The first kappa shape index (κ1) is 51.0. The molecule has 0 amide bonds. The first-order valence-corrected chi connectivity index (χ1v) is 27.0. The van der Waals surface area contributed by atoms with Crippen LogP contribution in [0.25, 0.3) is 0 Å². The maximum atomic E-state index is 14.3. The van der Waals surface area contributed by atoms with Gasteiger partial charge in [0.2, 0.25) is 30.4 Å². The number of carbonyl (C=O) groups excluding carboxylic acids is 3. The van der Waals surface area contributed by atoms with Crippen LogP contribution in [-0.4, -0.2) is 127 Å². The molecule has 3 saturated carbocycles. The van der Waals surface area contributed by atoms with E-state index in [9.17, 15) is 19.5 Å². The lowest BCUT2D eigenvalue weighted by Gasteiger charge is -2.60. The molecule has 71 heavy (non-hydrogen) atoms. The molecule has 0 radical (unpaired) electrons. The van der Waals surface area contributed by atoms with Crippen LogP contribution in [0, 0.1) is 71.0 Å². The smallest absolute Gasteiger partial charge is 0.322 e. The number of methoxy groups -OCH3 is 1. The summed E-state index contributed by atoms with van der Waals surface area (Å²) in [6, 6.07) is 0. The van der Waals surface area contributed by atoms with Crippen molar-refractivity contribution in [2.24, 2.45) is 71.0 Å². The van der Waals surface area contributed by atoms with Crippen molar-refractivity contribution in [1.82, 2.24) is 4.90 Å². The van der Waals surface area contributed by atoms with Crippen molar-refractivity contribution in [1.29, 1.82) is 0 Å². The highest BCUT2D eigenvalue weighted by Crippen LogP contribution is 2.63. The molecule has 24 atom stereocenters. The van der Waals surface area contributed by atoms with E-state index in [0.717, 1.165) is 44.9 Å². The van der Waals surface area contributed by atoms with Gasteiger partial charge < -0.3 is 52.5 Å². The third-order valence-corrected chi connectivity index (χ3v) is 20.2. The second-order valence-corrected chi connectivity index (χ2v) is 24.5. The van der Waals surface area contributed by atoms with Crippen molar-refractivity contribution in [3.05, 3.63) is 0 Å². The van der Waals surface area contributed by atoms with Gasteiger partial charge in [0.1, 0.15) is 5.60 Å². The Hall–Kier alpha value is -2.11. The molecule has 0 aromatic heterocycles. The van der Waals surface area contributed by atoms with Gasteiger partial charge in [-0.05, 0) is 114 Å². The van der Waals surface area contributed by atoms with Crippen LogP contribution in [0.15, 0.2) is 0 Å². The Balaban J connectivity index is 0.818. The Morgan fingerprint density at radius 2 is 0.887 bits per heavy atom. The van der Waals surface area contributed by atoms with E-state index >= 15 is 0 Å². The van der Waals surface area contributed by atoms with Gasteiger partial charge in [0.05, 0.1) is 19.6 Å². The van der Waals surface area contributed by atoms with Crippen LogP contribution in [0.4, 0.5) is 0 Å². The summed E-state index contributed by atoms with van der Waals surface area (Å²) in [5, 5.41) is 12.6. The van der Waals surface area contributed by atoms with Gasteiger partial charge in [-0.15, -0.1) is 0 Å². The van der Waals surface area contributed by atoms with Gasteiger partial charge in [0.25, 0.3) is 0 Å². The predicted molar refractivity (Wildman–Crippen MR) is 242 cm³/mol. The fourth-order valence-electron chi connectivity index (χ4n) is 16.0. The summed E-state index contributed by atoms with van der Waals surface area (Å²) in [5.41, 5.74) is -3.07. The summed E-state index contributed by atoms with van der Waals surface area (Å²) in [7, 11) is 1.57. The van der Waals surface area contributed by atoms with Gasteiger partial charge in [0, 0.05) is 61.9 Å². The van der Waals surface area contributed by atoms with E-state index in [0.29, 0.717) is 43.9 Å². The summed E-state index contributed by atoms with van der Waals surface area (Å²) in [6.45, 7) is 16.5. The van der Waals surface area contributed by atoms with E-state index in [2.05, 4.69) is 20.8 Å². The van der Waals surface area contributed by atoms with Gasteiger partial charge in [-0.2, -0.15) is 0 Å². The first-order valence-electron chi connectivity index (χ1n) is 27.0. The molecule has 400 valence electrons. The molecule has 13 aliphatic rings. The van der Waals surface area contributed by atoms with Crippen molar-refractivity contribution in [2.75, 3.05) is 26.7 Å². The number of fused-ring (bicyclic) bond motifs is 4. The highest BCUT2D eigenvalue weighted by Gasteiger charge is 2.72. The number of ether oxygens (including phenoxy) is 10. The molecule has 19 nitrogen and oxygen atoms in total. The third kappa shape index (κ3) is 8.26. The molecule has 4 bridgehead atoms. The van der Waals surface area contributed by atoms with Crippen LogP contribution < -0.4 is 0 Å². The van der Waals surface area contributed by atoms with Crippen LogP contribution in [0.5, 0.6) is 0 Å². The second kappa shape index (κ2) is 18.3. The molecule has 10 aliphatic heterocycles. The van der Waals surface area contributed by atoms with E-state index in [1.807, 2.05) is 41.5 Å². The molecule has 0 aromatic rings. The minimum atomic E-state index is -1.34. The molecule has 19 heteroatoms. The lowest BCUT2D eigenvalue weighted by atomic mass is 9.58. The van der Waals surface area contributed by atoms with Crippen LogP contribution in [0.3, 0.4) is 0 Å². The standard InChI is InChI=1S/C52H79NO18/c1-26-11-14-35-29(4)41(62-44-50(35,57)32(26)17-20-47(7,58-10)65-44)59-38(54)23-53(24-39(55)60-42-30(5)36-15-12-27(2)33-18-21-48(8)66-45(63-42)51(33,36)70-68-48)25-40(56)61-43-31(6)37-16-13-28(3)34-19-22-49(9)67-46(64-43)52(34,37)71-69-49/h26-37,41-46,57H,11-25H2,1-10H3/t26-,27-,28-,29-,30-,31-,32+,33+,34+,35+,36+,37+,41-,42-,43?,44-,45-,46-,47-,48+,49-,50-,51-,52-/m1/s1. The number of rotatable bonds is 10. The van der Waals surface area contributed by atoms with Gasteiger partial charge in [0.15, 0.2) is 35.9 Å². The van der Waals surface area contributed by atoms with E-state index in [1.54, 1.807) is 7.11 Å². The van der Waals surface area contributed by atoms with Gasteiger partial charge in [-0.25, -0.2) is 19.6 Å². The molecule has 13 fully saturated rings. The summed E-state index contributed by atoms with van der Waals surface area (Å²) in [4.78, 5) is 68.8. The van der Waals surface area contributed by atoms with Crippen molar-refractivity contribution >= 4 is 17.9 Å². The van der Waals surface area contributed by atoms with Gasteiger partial charge in [-0.3, -0.25) is 19.3 Å². The molecule has 2 spiro atoms. The largest absolute Gasteiger partial charge is 0.434 e. The Bertz CT molecular complexity index is 1960. The monoisotopic (exact) mass is 1010 g/mol. The van der Waals surface area contributed by atoms with Gasteiger partial charge >= 0.3 is 17.9 Å². The molecule has 10 saturated heterocycles. The average Bonchev–Trinajstić information content (AvgIpc) is 3.74. The van der Waals surface area contributed by atoms with Crippen molar-refractivity contribution in [2.45, 2.75) is 211 Å². The minimum Gasteiger partial charge on any atom is -0.434 e. The Morgan fingerprint density at radius 3 is 1.34 bits per heavy atom. The second-order valence-electron chi connectivity index (χ2n) is 24.5. The Morgan fingerprint density at radius 1 is 0.493 bits per heavy atom. The molecule has 0 aromatic carbocycles. The summed E-state index contributed by atoms with van der Waals surface area (Å²) >= 11 is 0. The van der Waals surface area contributed by atoms with E-state index in [1.165, 1.54) is 4.90 Å². The van der Waals surface area contributed by atoms with Crippen molar-refractivity contribution < 1.29 is 86.4 Å². The zero-order valence-corrected chi connectivity index (χ0v) is 43.3. The van der Waals surface area contributed by atoms with Crippen LogP contribution in [0.1, 0.15) is 139 Å². The number of aliphatic hydroxyl groups is 1. The first-order chi connectivity index (χ1) is 33.6. The molecule has 3 aliphatic carbocycles. The minimum absolute atomic E-state index is 0.104. The van der Waals surface area contributed by atoms with Crippen LogP contribution in [-0.2, 0) is 81.3 Å². The molecule has 13 rings (SSSR count). The molecular weight excluding hydrogens is 927 g/mol. The number of carbonyl (C=O) groups is 3. The molecule has 1 N–H and O–H groups in total. The van der Waals surface area contributed by atoms with E-state index in [-0.39, 0.29) is 53.3 Å². The van der Waals surface area contributed by atoms with Gasteiger partial charge in [-0.1, -0.05) is 41.5 Å². The molecule has 1 unspecified atom stereocenters. The van der Waals surface area contributed by atoms with E-state index < -0.39 is 115 Å². The highest BCUT2D eigenvalue weighted by atomic mass is 17.3. The lowest BCUT2D eigenvalue weighted by molar-refractivity contribution is -0.576. The van der Waals surface area contributed by atoms with Crippen LogP contribution in [0.2, 0.25) is 0 Å². The Labute approximate surface area is 417 Å². The topological polar surface area (TPSA) is 204 Å². The zero-order chi connectivity index (χ0) is 50.2.